The number of aromatic nitrogens is 1. The van der Waals surface area contributed by atoms with Crippen LogP contribution >= 0.6 is 11.3 Å². The van der Waals surface area contributed by atoms with Crippen LogP contribution in [-0.2, 0) is 6.18 Å². The predicted molar refractivity (Wildman–Crippen MR) is 109 cm³/mol. The summed E-state index contributed by atoms with van der Waals surface area (Å²) in [6.45, 7) is 0. The van der Waals surface area contributed by atoms with Crippen LogP contribution in [0, 0.1) is 11.3 Å². The van der Waals surface area contributed by atoms with Gasteiger partial charge >= 0.3 is 11.8 Å². The van der Waals surface area contributed by atoms with Crippen molar-refractivity contribution in [1.82, 2.24) is 4.98 Å². The first kappa shape index (κ1) is 19.6. The molecule has 0 aliphatic carbocycles. The summed E-state index contributed by atoms with van der Waals surface area (Å²) in [4.78, 5) is 16.6. The van der Waals surface area contributed by atoms with E-state index in [-0.39, 0.29) is 21.7 Å². The van der Waals surface area contributed by atoms with Crippen LogP contribution in [0.2, 0.25) is 0 Å². The van der Waals surface area contributed by atoms with Crippen molar-refractivity contribution in [1.29, 1.82) is 5.26 Å². The zero-order valence-corrected chi connectivity index (χ0v) is 15.9. The van der Waals surface area contributed by atoms with Crippen LogP contribution in [0.25, 0.3) is 33.9 Å². The smallest absolute Gasteiger partial charge is 0.416 e. The second-order valence-electron chi connectivity index (χ2n) is 6.28. The average Bonchev–Trinajstić information content (AvgIpc) is 3.20. The normalized spacial score (nSPS) is 12.1. The number of hydrogen-bond acceptors (Lipinski definition) is 5. The zero-order valence-electron chi connectivity index (χ0n) is 15.1. The molecule has 0 fully saturated rings. The molecular weight excluding hydrogens is 413 g/mol. The Morgan fingerprint density at radius 3 is 2.63 bits per heavy atom. The molecule has 2 aromatic heterocycles. The molecule has 4 nitrogen and oxygen atoms in total. The fourth-order valence-corrected chi connectivity index (χ4v) is 3.73. The van der Waals surface area contributed by atoms with Gasteiger partial charge in [0.05, 0.1) is 22.4 Å². The molecular formula is C22H11F3N2O2S. The third-order valence-corrected chi connectivity index (χ3v) is 5.21. The maximum absolute atomic E-state index is 13.2. The fraction of sp³-hybridized carbons (Fsp3) is 0.0455. The van der Waals surface area contributed by atoms with Gasteiger partial charge in [-0.1, -0.05) is 36.4 Å². The number of nitriles is 1. The summed E-state index contributed by atoms with van der Waals surface area (Å²) in [5.41, 5.74) is -0.663. The number of nitrogens with zero attached hydrogens (tertiary/aromatic N) is 2. The molecule has 0 N–H and O–H groups in total. The molecule has 0 saturated heterocycles. The molecule has 0 unspecified atom stereocenters. The first-order chi connectivity index (χ1) is 14.4. The lowest BCUT2D eigenvalue weighted by Crippen LogP contribution is -2.07. The summed E-state index contributed by atoms with van der Waals surface area (Å²) in [6, 6.07) is 15.5. The van der Waals surface area contributed by atoms with Crippen molar-refractivity contribution in [2.45, 2.75) is 6.18 Å². The van der Waals surface area contributed by atoms with Crippen molar-refractivity contribution in [3.8, 4) is 17.3 Å². The molecule has 0 bridgehead atoms. The van der Waals surface area contributed by atoms with Crippen molar-refractivity contribution in [2.75, 3.05) is 0 Å². The number of halogens is 3. The van der Waals surface area contributed by atoms with Gasteiger partial charge in [-0.05, 0) is 29.8 Å². The van der Waals surface area contributed by atoms with Gasteiger partial charge in [0.25, 0.3) is 0 Å². The van der Waals surface area contributed by atoms with E-state index in [1.165, 1.54) is 18.2 Å². The lowest BCUT2D eigenvalue weighted by Gasteiger charge is -2.09. The molecule has 0 aliphatic heterocycles. The summed E-state index contributed by atoms with van der Waals surface area (Å²) < 4.78 is 45.0. The Labute approximate surface area is 172 Å². The minimum absolute atomic E-state index is 0.0341. The Morgan fingerprint density at radius 2 is 1.87 bits per heavy atom. The zero-order chi connectivity index (χ0) is 21.3. The third kappa shape index (κ3) is 3.75. The Hall–Kier alpha value is -3.70. The summed E-state index contributed by atoms with van der Waals surface area (Å²) >= 11 is 1.06. The van der Waals surface area contributed by atoms with Crippen LogP contribution in [0.1, 0.15) is 16.1 Å². The highest BCUT2D eigenvalue weighted by atomic mass is 32.1. The van der Waals surface area contributed by atoms with Crippen molar-refractivity contribution in [2.24, 2.45) is 0 Å². The summed E-state index contributed by atoms with van der Waals surface area (Å²) in [5.74, 6) is 0. The van der Waals surface area contributed by atoms with Crippen LogP contribution in [0.5, 0.6) is 0 Å². The second-order valence-corrected chi connectivity index (χ2v) is 7.14. The van der Waals surface area contributed by atoms with Crippen molar-refractivity contribution >= 4 is 34.0 Å². The van der Waals surface area contributed by atoms with Crippen molar-refractivity contribution in [3.05, 3.63) is 86.5 Å². The van der Waals surface area contributed by atoms with E-state index in [1.54, 1.807) is 35.7 Å². The van der Waals surface area contributed by atoms with E-state index in [1.807, 2.05) is 6.07 Å². The molecule has 0 saturated carbocycles. The molecule has 148 valence electrons. The predicted octanol–water partition coefficient (Wildman–Crippen LogP) is 6.00. The van der Waals surface area contributed by atoms with Gasteiger partial charge in [0.15, 0.2) is 0 Å². The molecule has 4 rings (SSSR count). The maximum Gasteiger partial charge on any atom is 0.416 e. The first-order valence-electron chi connectivity index (χ1n) is 8.64. The number of thiazole rings is 1. The average molecular weight is 424 g/mol. The monoisotopic (exact) mass is 424 g/mol. The van der Waals surface area contributed by atoms with E-state index >= 15 is 0 Å². The Bertz CT molecular complexity index is 1380. The van der Waals surface area contributed by atoms with E-state index in [4.69, 9.17) is 4.42 Å². The van der Waals surface area contributed by atoms with Crippen LogP contribution in [0.3, 0.4) is 0 Å². The fourth-order valence-electron chi connectivity index (χ4n) is 2.94. The minimum atomic E-state index is -4.55. The SMILES string of the molecule is N#C/C(=C/c1ccccc1C(F)(F)F)c1nc(-c2cc3ccccc3oc2=O)cs1. The number of para-hydroxylation sites is 1. The van der Waals surface area contributed by atoms with E-state index in [0.717, 1.165) is 23.5 Å². The van der Waals surface area contributed by atoms with Crippen molar-refractivity contribution < 1.29 is 17.6 Å². The van der Waals surface area contributed by atoms with E-state index in [0.29, 0.717) is 16.7 Å². The topological polar surface area (TPSA) is 66.9 Å². The van der Waals surface area contributed by atoms with E-state index < -0.39 is 17.4 Å². The number of alkyl halides is 3. The molecule has 0 aliphatic rings. The van der Waals surface area contributed by atoms with E-state index in [9.17, 15) is 23.2 Å². The van der Waals surface area contributed by atoms with Gasteiger partial charge < -0.3 is 4.42 Å². The number of hydrogen-bond donors (Lipinski definition) is 0. The summed E-state index contributed by atoms with van der Waals surface area (Å²) in [5, 5.41) is 12.0. The molecule has 4 aromatic rings. The summed E-state index contributed by atoms with van der Waals surface area (Å²) in [6.07, 6.45) is -3.40. The molecule has 30 heavy (non-hydrogen) atoms. The second kappa shape index (κ2) is 7.61. The van der Waals surface area contributed by atoms with Gasteiger partial charge in [0.1, 0.15) is 16.7 Å². The van der Waals surface area contributed by atoms with Crippen LogP contribution < -0.4 is 5.63 Å². The first-order valence-corrected chi connectivity index (χ1v) is 9.52. The number of rotatable bonds is 3. The quantitative estimate of drug-likeness (QED) is 0.299. The largest absolute Gasteiger partial charge is 0.422 e. The highest BCUT2D eigenvalue weighted by Crippen LogP contribution is 2.34. The summed E-state index contributed by atoms with van der Waals surface area (Å²) in [7, 11) is 0. The molecule has 2 aromatic carbocycles. The number of allylic oxidation sites excluding steroid dienone is 1. The molecule has 2 heterocycles. The van der Waals surface area contributed by atoms with Gasteiger partial charge in [-0.25, -0.2) is 9.78 Å². The number of fused-ring (bicyclic) bond motifs is 1. The van der Waals surface area contributed by atoms with Gasteiger partial charge in [-0.15, -0.1) is 11.3 Å². The molecule has 0 radical (unpaired) electrons. The van der Waals surface area contributed by atoms with Crippen LogP contribution in [0.15, 0.2) is 69.2 Å². The van der Waals surface area contributed by atoms with Gasteiger partial charge in [0, 0.05) is 10.8 Å². The lowest BCUT2D eigenvalue weighted by atomic mass is 10.0. The Balaban J connectivity index is 1.77. The van der Waals surface area contributed by atoms with Gasteiger partial charge in [0.2, 0.25) is 0 Å². The Morgan fingerprint density at radius 1 is 1.13 bits per heavy atom. The molecule has 0 spiro atoms. The van der Waals surface area contributed by atoms with E-state index in [2.05, 4.69) is 4.98 Å². The highest BCUT2D eigenvalue weighted by Gasteiger charge is 2.32. The minimum Gasteiger partial charge on any atom is -0.422 e. The lowest BCUT2D eigenvalue weighted by molar-refractivity contribution is -0.137. The molecule has 0 atom stereocenters. The Kier molecular flexibility index (Phi) is 4.98. The van der Waals surface area contributed by atoms with Crippen molar-refractivity contribution in [3.63, 3.8) is 0 Å². The van der Waals surface area contributed by atoms with Gasteiger partial charge in [-0.2, -0.15) is 18.4 Å². The van der Waals surface area contributed by atoms with Crippen LogP contribution in [0.4, 0.5) is 13.2 Å². The number of benzene rings is 2. The molecule has 8 heteroatoms. The highest BCUT2D eigenvalue weighted by molar-refractivity contribution is 7.11. The van der Waals surface area contributed by atoms with Gasteiger partial charge in [-0.3, -0.25) is 0 Å². The standard InChI is InChI=1S/C22H11F3N2O2S/c23-22(24,25)17-7-3-1-5-13(17)9-15(11-26)20-27-18(12-30-20)16-10-14-6-2-4-8-19(14)29-21(16)28/h1-10,12H/b15-9-. The molecule has 0 amide bonds. The maximum atomic E-state index is 13.2. The third-order valence-electron chi connectivity index (χ3n) is 4.34. The van der Waals surface area contributed by atoms with Crippen LogP contribution in [-0.4, -0.2) is 4.98 Å².